The maximum atomic E-state index is 12.0. The van der Waals surface area contributed by atoms with Gasteiger partial charge in [0, 0.05) is 32.0 Å². The van der Waals surface area contributed by atoms with Crippen LogP contribution in [0.25, 0.3) is 0 Å². The SMILES string of the molecule is COCc1cc(CNC(=O)C[C@H](C)n2ccnc2C)[nH]n1. The van der Waals surface area contributed by atoms with Crippen molar-refractivity contribution in [3.05, 3.63) is 35.7 Å². The average molecular weight is 291 g/mol. The molecule has 2 N–H and O–H groups in total. The summed E-state index contributed by atoms with van der Waals surface area (Å²) >= 11 is 0. The Balaban J connectivity index is 1.80. The molecule has 0 saturated carbocycles. The van der Waals surface area contributed by atoms with Gasteiger partial charge in [-0.3, -0.25) is 9.89 Å². The number of carbonyl (C=O) groups is 1. The Morgan fingerprint density at radius 1 is 1.57 bits per heavy atom. The van der Waals surface area contributed by atoms with E-state index in [4.69, 9.17) is 4.74 Å². The first-order chi connectivity index (χ1) is 10.1. The van der Waals surface area contributed by atoms with Gasteiger partial charge in [0.15, 0.2) is 0 Å². The number of imidazole rings is 1. The highest BCUT2D eigenvalue weighted by atomic mass is 16.5. The number of methoxy groups -OCH3 is 1. The van der Waals surface area contributed by atoms with Crippen molar-refractivity contribution < 1.29 is 9.53 Å². The molecule has 0 aliphatic carbocycles. The number of aryl methyl sites for hydroxylation is 1. The second-order valence-electron chi connectivity index (χ2n) is 5.03. The molecule has 0 saturated heterocycles. The Kier molecular flexibility index (Phi) is 5.10. The first-order valence-corrected chi connectivity index (χ1v) is 6.88. The quantitative estimate of drug-likeness (QED) is 0.806. The lowest BCUT2D eigenvalue weighted by atomic mass is 10.2. The zero-order valence-electron chi connectivity index (χ0n) is 12.6. The summed E-state index contributed by atoms with van der Waals surface area (Å²) in [5.41, 5.74) is 1.69. The van der Waals surface area contributed by atoms with Crippen LogP contribution in [0.5, 0.6) is 0 Å². The van der Waals surface area contributed by atoms with Crippen molar-refractivity contribution in [3.8, 4) is 0 Å². The predicted molar refractivity (Wildman–Crippen MR) is 77.4 cm³/mol. The fourth-order valence-electron chi connectivity index (χ4n) is 2.21. The number of carbonyl (C=O) groups excluding carboxylic acids is 1. The third-order valence-electron chi connectivity index (χ3n) is 3.27. The highest BCUT2D eigenvalue weighted by molar-refractivity contribution is 5.76. The van der Waals surface area contributed by atoms with E-state index in [9.17, 15) is 4.79 Å². The molecular formula is C14H21N5O2. The van der Waals surface area contributed by atoms with E-state index in [-0.39, 0.29) is 11.9 Å². The number of nitrogens with zero attached hydrogens (tertiary/aromatic N) is 3. The molecule has 2 rings (SSSR count). The largest absolute Gasteiger partial charge is 0.378 e. The molecule has 2 heterocycles. The van der Waals surface area contributed by atoms with Crippen LogP contribution < -0.4 is 5.32 Å². The maximum absolute atomic E-state index is 12.0. The molecule has 0 bridgehead atoms. The Morgan fingerprint density at radius 2 is 2.38 bits per heavy atom. The van der Waals surface area contributed by atoms with E-state index < -0.39 is 0 Å². The number of amides is 1. The normalized spacial score (nSPS) is 12.3. The lowest BCUT2D eigenvalue weighted by Crippen LogP contribution is -2.25. The third-order valence-corrected chi connectivity index (χ3v) is 3.27. The van der Waals surface area contributed by atoms with Crippen LogP contribution in [0.2, 0.25) is 0 Å². The average Bonchev–Trinajstić information content (AvgIpc) is 3.06. The molecule has 1 amide bonds. The van der Waals surface area contributed by atoms with E-state index in [0.717, 1.165) is 17.2 Å². The van der Waals surface area contributed by atoms with Crippen molar-refractivity contribution in [1.29, 1.82) is 0 Å². The Bertz CT molecular complexity index is 590. The Morgan fingerprint density at radius 3 is 3.05 bits per heavy atom. The minimum atomic E-state index is -0.00140. The van der Waals surface area contributed by atoms with E-state index in [1.54, 1.807) is 13.3 Å². The summed E-state index contributed by atoms with van der Waals surface area (Å²) in [6.07, 6.45) is 4.04. The maximum Gasteiger partial charge on any atom is 0.222 e. The highest BCUT2D eigenvalue weighted by Gasteiger charge is 2.12. The van der Waals surface area contributed by atoms with Crippen molar-refractivity contribution in [1.82, 2.24) is 25.1 Å². The number of ether oxygens (including phenoxy) is 1. The molecule has 114 valence electrons. The zero-order chi connectivity index (χ0) is 15.2. The fraction of sp³-hybridized carbons (Fsp3) is 0.500. The van der Waals surface area contributed by atoms with Crippen LogP contribution in [-0.2, 0) is 22.7 Å². The van der Waals surface area contributed by atoms with Gasteiger partial charge in [0.05, 0.1) is 24.5 Å². The molecule has 0 unspecified atom stereocenters. The van der Waals surface area contributed by atoms with E-state index in [1.165, 1.54) is 0 Å². The van der Waals surface area contributed by atoms with Crippen molar-refractivity contribution in [3.63, 3.8) is 0 Å². The summed E-state index contributed by atoms with van der Waals surface area (Å²) in [4.78, 5) is 16.1. The smallest absolute Gasteiger partial charge is 0.222 e. The van der Waals surface area contributed by atoms with Crippen LogP contribution in [0.4, 0.5) is 0 Å². The topological polar surface area (TPSA) is 84.8 Å². The number of hydrogen-bond donors (Lipinski definition) is 2. The molecule has 0 spiro atoms. The molecule has 21 heavy (non-hydrogen) atoms. The monoisotopic (exact) mass is 291 g/mol. The summed E-state index contributed by atoms with van der Waals surface area (Å²) in [5, 5.41) is 9.84. The van der Waals surface area contributed by atoms with Crippen LogP contribution in [0.1, 0.15) is 36.6 Å². The second kappa shape index (κ2) is 7.03. The van der Waals surface area contributed by atoms with Crippen LogP contribution >= 0.6 is 0 Å². The van der Waals surface area contributed by atoms with Crippen molar-refractivity contribution in [2.45, 2.75) is 39.5 Å². The molecule has 0 fully saturated rings. The number of aromatic amines is 1. The van der Waals surface area contributed by atoms with Gasteiger partial charge in [-0.1, -0.05) is 0 Å². The van der Waals surface area contributed by atoms with Crippen molar-refractivity contribution >= 4 is 5.91 Å². The summed E-state index contributed by atoms with van der Waals surface area (Å²) in [7, 11) is 1.62. The minimum Gasteiger partial charge on any atom is -0.378 e. The lowest BCUT2D eigenvalue weighted by Gasteiger charge is -2.14. The van der Waals surface area contributed by atoms with Crippen LogP contribution in [-0.4, -0.2) is 32.8 Å². The number of aromatic nitrogens is 4. The molecule has 0 aliphatic heterocycles. The van der Waals surface area contributed by atoms with Crippen molar-refractivity contribution in [2.24, 2.45) is 0 Å². The molecule has 0 aliphatic rings. The number of hydrogen-bond acceptors (Lipinski definition) is 4. The molecule has 1 atom stereocenters. The lowest BCUT2D eigenvalue weighted by molar-refractivity contribution is -0.121. The van der Waals surface area contributed by atoms with Gasteiger partial charge >= 0.3 is 0 Å². The molecule has 0 aromatic carbocycles. The van der Waals surface area contributed by atoms with E-state index in [2.05, 4.69) is 20.5 Å². The fourth-order valence-corrected chi connectivity index (χ4v) is 2.21. The number of H-pyrrole nitrogens is 1. The van der Waals surface area contributed by atoms with Crippen LogP contribution in [0, 0.1) is 6.92 Å². The van der Waals surface area contributed by atoms with Crippen LogP contribution in [0.3, 0.4) is 0 Å². The highest BCUT2D eigenvalue weighted by Crippen LogP contribution is 2.12. The Hall–Kier alpha value is -2.15. The molecule has 0 radical (unpaired) electrons. The Labute approximate surface area is 123 Å². The second-order valence-corrected chi connectivity index (χ2v) is 5.03. The molecule has 7 heteroatoms. The van der Waals surface area contributed by atoms with Gasteiger partial charge in [0.2, 0.25) is 5.91 Å². The van der Waals surface area contributed by atoms with Gasteiger partial charge in [-0.15, -0.1) is 0 Å². The summed E-state index contributed by atoms with van der Waals surface area (Å²) in [5.74, 6) is 0.909. The summed E-state index contributed by atoms with van der Waals surface area (Å²) < 4.78 is 6.99. The standard InChI is InChI=1S/C14H21N5O2/c1-10(19-5-4-15-11(19)2)6-14(20)16-8-12-7-13(9-21-3)18-17-12/h4-5,7,10H,6,8-9H2,1-3H3,(H,16,20)(H,17,18)/t10-/m0/s1. The van der Waals surface area contributed by atoms with E-state index in [1.807, 2.05) is 30.7 Å². The predicted octanol–water partition coefficient (Wildman–Crippen LogP) is 1.33. The van der Waals surface area contributed by atoms with Gasteiger partial charge < -0.3 is 14.6 Å². The van der Waals surface area contributed by atoms with Gasteiger partial charge in [0.1, 0.15) is 5.82 Å². The molecule has 7 nitrogen and oxygen atoms in total. The minimum absolute atomic E-state index is 0.00140. The molecule has 2 aromatic rings. The molecule has 2 aromatic heterocycles. The summed E-state index contributed by atoms with van der Waals surface area (Å²) in [6.45, 7) is 4.82. The first-order valence-electron chi connectivity index (χ1n) is 6.88. The van der Waals surface area contributed by atoms with Crippen molar-refractivity contribution in [2.75, 3.05) is 7.11 Å². The van der Waals surface area contributed by atoms with Gasteiger partial charge in [-0.05, 0) is 19.9 Å². The van der Waals surface area contributed by atoms with Gasteiger partial charge in [0.25, 0.3) is 0 Å². The van der Waals surface area contributed by atoms with Gasteiger partial charge in [-0.25, -0.2) is 4.98 Å². The molecular weight excluding hydrogens is 270 g/mol. The first kappa shape index (κ1) is 15.2. The number of nitrogens with one attached hydrogen (secondary N) is 2. The van der Waals surface area contributed by atoms with Crippen LogP contribution in [0.15, 0.2) is 18.5 Å². The zero-order valence-corrected chi connectivity index (χ0v) is 12.6. The summed E-state index contributed by atoms with van der Waals surface area (Å²) in [6, 6.07) is 1.96. The van der Waals surface area contributed by atoms with E-state index in [0.29, 0.717) is 19.6 Å². The number of rotatable bonds is 7. The van der Waals surface area contributed by atoms with E-state index >= 15 is 0 Å². The third kappa shape index (κ3) is 4.16. The van der Waals surface area contributed by atoms with Gasteiger partial charge in [-0.2, -0.15) is 5.10 Å².